The van der Waals surface area contributed by atoms with Crippen molar-refractivity contribution in [3.05, 3.63) is 34.9 Å². The van der Waals surface area contributed by atoms with E-state index in [4.69, 9.17) is 16.3 Å². The number of ether oxygens (including phenoxy) is 1. The molecule has 2 saturated heterocycles. The van der Waals surface area contributed by atoms with Crippen LogP contribution in [0.2, 0.25) is 5.02 Å². The summed E-state index contributed by atoms with van der Waals surface area (Å²) in [6, 6.07) is 8.48. The number of likely N-dealkylation sites (tertiary alicyclic amines) is 1. The Bertz CT molecular complexity index is 725. The molecule has 2 aliphatic heterocycles. The lowest BCUT2D eigenvalue weighted by Crippen LogP contribution is -2.49. The van der Waals surface area contributed by atoms with Gasteiger partial charge in [-0.1, -0.05) is 37.6 Å². The average Bonchev–Trinajstić information content (AvgIpc) is 3.22. The molecule has 1 amide bonds. The topological polar surface area (TPSA) is 69.2 Å². The summed E-state index contributed by atoms with van der Waals surface area (Å²) >= 11 is 6.09. The van der Waals surface area contributed by atoms with Gasteiger partial charge in [0.25, 0.3) is 0 Å². The number of hydrogen-bond donors (Lipinski definition) is 2. The van der Waals surface area contributed by atoms with Gasteiger partial charge >= 0.3 is 0 Å². The molecule has 9 heteroatoms. The van der Waals surface area contributed by atoms with Crippen LogP contribution in [-0.2, 0) is 9.53 Å². The Labute approximate surface area is 207 Å². The zero-order valence-electron chi connectivity index (χ0n) is 18.6. The molecule has 1 aromatic rings. The van der Waals surface area contributed by atoms with Crippen molar-refractivity contribution in [2.75, 3.05) is 53.0 Å². The van der Waals surface area contributed by atoms with Crippen molar-refractivity contribution in [1.82, 2.24) is 20.4 Å². The minimum atomic E-state index is 0. The van der Waals surface area contributed by atoms with E-state index in [-0.39, 0.29) is 47.9 Å². The van der Waals surface area contributed by atoms with E-state index in [1.54, 1.807) is 7.05 Å². The lowest BCUT2D eigenvalue weighted by Gasteiger charge is -2.35. The molecule has 0 radical (unpaired) electrons. The standard InChI is InChI=1S/C22H34ClN5O2.HI/c1-16(2)21(29)28-9-8-19(15-28)26-22(24-3)25-14-20(27-10-12-30-13-11-27)17-4-6-18(23)7-5-17;/h4-7,16,19-20H,8-15H2,1-3H3,(H2,24,25,26);1H. The van der Waals surface area contributed by atoms with Crippen LogP contribution in [0.5, 0.6) is 0 Å². The molecule has 1 aromatic carbocycles. The zero-order chi connectivity index (χ0) is 21.5. The fourth-order valence-electron chi connectivity index (χ4n) is 4.06. The van der Waals surface area contributed by atoms with Crippen molar-refractivity contribution in [3.63, 3.8) is 0 Å². The first kappa shape index (κ1) is 26.2. The molecule has 31 heavy (non-hydrogen) atoms. The maximum absolute atomic E-state index is 12.2. The summed E-state index contributed by atoms with van der Waals surface area (Å²) in [5, 5.41) is 7.72. The van der Waals surface area contributed by atoms with Crippen LogP contribution >= 0.6 is 35.6 Å². The van der Waals surface area contributed by atoms with E-state index in [1.807, 2.05) is 30.9 Å². The summed E-state index contributed by atoms with van der Waals surface area (Å²) in [4.78, 5) is 21.0. The largest absolute Gasteiger partial charge is 0.379 e. The van der Waals surface area contributed by atoms with Crippen LogP contribution in [-0.4, -0.2) is 80.7 Å². The fourth-order valence-corrected chi connectivity index (χ4v) is 4.18. The quantitative estimate of drug-likeness (QED) is 0.317. The molecule has 174 valence electrons. The molecular formula is C22H35ClIN5O2. The zero-order valence-corrected chi connectivity index (χ0v) is 21.7. The number of aliphatic imine (C=N–C) groups is 1. The van der Waals surface area contributed by atoms with E-state index < -0.39 is 0 Å². The van der Waals surface area contributed by atoms with Crippen molar-refractivity contribution in [3.8, 4) is 0 Å². The average molecular weight is 564 g/mol. The first-order valence-electron chi connectivity index (χ1n) is 10.8. The van der Waals surface area contributed by atoms with Crippen LogP contribution in [0.15, 0.2) is 29.3 Å². The molecule has 0 spiro atoms. The summed E-state index contributed by atoms with van der Waals surface area (Å²) in [5.74, 6) is 1.03. The van der Waals surface area contributed by atoms with E-state index in [0.717, 1.165) is 63.3 Å². The lowest BCUT2D eigenvalue weighted by molar-refractivity contribution is -0.133. The van der Waals surface area contributed by atoms with E-state index >= 15 is 0 Å². The lowest BCUT2D eigenvalue weighted by atomic mass is 10.0. The molecule has 0 saturated carbocycles. The van der Waals surface area contributed by atoms with E-state index in [1.165, 1.54) is 5.56 Å². The summed E-state index contributed by atoms with van der Waals surface area (Å²) < 4.78 is 5.53. The number of amides is 1. The number of carbonyl (C=O) groups excluding carboxylic acids is 1. The second kappa shape index (κ2) is 12.8. The summed E-state index contributed by atoms with van der Waals surface area (Å²) in [6.07, 6.45) is 0.934. The highest BCUT2D eigenvalue weighted by molar-refractivity contribution is 14.0. The van der Waals surface area contributed by atoms with Crippen LogP contribution in [0.25, 0.3) is 0 Å². The van der Waals surface area contributed by atoms with Crippen molar-refractivity contribution >= 4 is 47.4 Å². The predicted molar refractivity (Wildman–Crippen MR) is 136 cm³/mol. The Kier molecular flexibility index (Phi) is 10.8. The maximum atomic E-state index is 12.2. The van der Waals surface area contributed by atoms with Gasteiger partial charge in [0, 0.05) is 56.8 Å². The minimum absolute atomic E-state index is 0. The fraction of sp³-hybridized carbons (Fsp3) is 0.636. The van der Waals surface area contributed by atoms with Crippen molar-refractivity contribution in [2.24, 2.45) is 10.9 Å². The Hall–Kier alpha value is -1.10. The van der Waals surface area contributed by atoms with Crippen LogP contribution < -0.4 is 10.6 Å². The van der Waals surface area contributed by atoms with E-state index in [9.17, 15) is 4.79 Å². The molecule has 2 aliphatic rings. The van der Waals surface area contributed by atoms with Gasteiger partial charge in [0.1, 0.15) is 0 Å². The maximum Gasteiger partial charge on any atom is 0.225 e. The SMILES string of the molecule is CN=C(NCC(c1ccc(Cl)cc1)N1CCOCC1)NC1CCN(C(=O)C(C)C)C1.I. The number of guanidine groups is 1. The molecule has 3 rings (SSSR count). The second-order valence-corrected chi connectivity index (χ2v) is 8.67. The Morgan fingerprint density at radius 1 is 1.23 bits per heavy atom. The molecule has 2 fully saturated rings. The van der Waals surface area contributed by atoms with Gasteiger partial charge in [-0.3, -0.25) is 14.7 Å². The van der Waals surface area contributed by atoms with Gasteiger partial charge in [-0.25, -0.2) is 0 Å². The van der Waals surface area contributed by atoms with Crippen molar-refractivity contribution in [1.29, 1.82) is 0 Å². The smallest absolute Gasteiger partial charge is 0.225 e. The van der Waals surface area contributed by atoms with Crippen LogP contribution in [0.3, 0.4) is 0 Å². The predicted octanol–water partition coefficient (Wildman–Crippen LogP) is 2.75. The Balaban J connectivity index is 0.00000341. The van der Waals surface area contributed by atoms with Gasteiger partial charge in [-0.05, 0) is 24.1 Å². The molecular weight excluding hydrogens is 529 g/mol. The number of carbonyl (C=O) groups is 1. The molecule has 0 aliphatic carbocycles. The summed E-state index contributed by atoms with van der Waals surface area (Å²) in [5.41, 5.74) is 1.22. The van der Waals surface area contributed by atoms with Gasteiger partial charge in [0.05, 0.1) is 19.3 Å². The molecule has 2 N–H and O–H groups in total. The van der Waals surface area contributed by atoms with Crippen LogP contribution in [0, 0.1) is 5.92 Å². The highest BCUT2D eigenvalue weighted by Crippen LogP contribution is 2.23. The number of halogens is 2. The molecule has 2 unspecified atom stereocenters. The van der Waals surface area contributed by atoms with Crippen LogP contribution in [0.4, 0.5) is 0 Å². The third kappa shape index (κ3) is 7.47. The molecule has 2 heterocycles. The van der Waals surface area contributed by atoms with Gasteiger partial charge in [-0.2, -0.15) is 0 Å². The molecule has 2 atom stereocenters. The highest BCUT2D eigenvalue weighted by Gasteiger charge is 2.28. The van der Waals surface area contributed by atoms with Gasteiger partial charge < -0.3 is 20.3 Å². The van der Waals surface area contributed by atoms with Gasteiger partial charge in [-0.15, -0.1) is 24.0 Å². The number of benzene rings is 1. The van der Waals surface area contributed by atoms with Crippen LogP contribution in [0.1, 0.15) is 31.9 Å². The number of rotatable bonds is 6. The van der Waals surface area contributed by atoms with E-state index in [2.05, 4.69) is 32.7 Å². The third-order valence-corrected chi connectivity index (χ3v) is 6.01. The molecule has 7 nitrogen and oxygen atoms in total. The first-order chi connectivity index (χ1) is 14.5. The van der Waals surface area contributed by atoms with Crippen molar-refractivity contribution < 1.29 is 9.53 Å². The number of morpholine rings is 1. The van der Waals surface area contributed by atoms with E-state index in [0.29, 0.717) is 0 Å². The summed E-state index contributed by atoms with van der Waals surface area (Å²) in [7, 11) is 1.79. The summed E-state index contributed by atoms with van der Waals surface area (Å²) in [6.45, 7) is 9.44. The van der Waals surface area contributed by atoms with Gasteiger partial charge in [0.15, 0.2) is 5.96 Å². The van der Waals surface area contributed by atoms with Crippen molar-refractivity contribution in [2.45, 2.75) is 32.4 Å². The molecule has 0 bridgehead atoms. The minimum Gasteiger partial charge on any atom is -0.379 e. The Morgan fingerprint density at radius 3 is 2.52 bits per heavy atom. The Morgan fingerprint density at radius 2 is 1.90 bits per heavy atom. The monoisotopic (exact) mass is 563 g/mol. The highest BCUT2D eigenvalue weighted by atomic mass is 127. The van der Waals surface area contributed by atoms with Gasteiger partial charge in [0.2, 0.25) is 5.91 Å². The molecule has 0 aromatic heterocycles. The second-order valence-electron chi connectivity index (χ2n) is 8.24. The number of hydrogen-bond acceptors (Lipinski definition) is 4. The number of nitrogens with zero attached hydrogens (tertiary/aromatic N) is 3. The number of nitrogens with one attached hydrogen (secondary N) is 2. The first-order valence-corrected chi connectivity index (χ1v) is 11.2. The normalized spacial score (nSPS) is 21.0. The third-order valence-electron chi connectivity index (χ3n) is 5.76.